The molecule has 0 spiro atoms. The van der Waals surface area contributed by atoms with Gasteiger partial charge in [-0.2, -0.15) is 0 Å². The number of amides is 1. The Kier molecular flexibility index (Phi) is 6.24. The third-order valence-corrected chi connectivity index (χ3v) is 2.54. The van der Waals surface area contributed by atoms with E-state index in [1.807, 2.05) is 0 Å². The highest BCUT2D eigenvalue weighted by molar-refractivity contribution is 6.33. The van der Waals surface area contributed by atoms with E-state index >= 15 is 0 Å². The number of hydrogen-bond acceptors (Lipinski definition) is 4. The second-order valence-electron chi connectivity index (χ2n) is 3.82. The Bertz CT molecular complexity index is 465. The zero-order valence-corrected chi connectivity index (χ0v) is 11.2. The Morgan fingerprint density at radius 2 is 2.21 bits per heavy atom. The first-order chi connectivity index (χ1) is 9.00. The van der Waals surface area contributed by atoms with E-state index < -0.39 is 5.97 Å². The van der Waals surface area contributed by atoms with Gasteiger partial charge in [0.05, 0.1) is 30.2 Å². The summed E-state index contributed by atoms with van der Waals surface area (Å²) in [7, 11) is 0. The number of nitrogens with one attached hydrogen (secondary N) is 1. The second-order valence-corrected chi connectivity index (χ2v) is 4.22. The highest BCUT2D eigenvalue weighted by Gasteiger charge is 2.10. The van der Waals surface area contributed by atoms with E-state index in [4.69, 9.17) is 21.4 Å². The van der Waals surface area contributed by atoms with Gasteiger partial charge < -0.3 is 15.2 Å². The molecular formula is C12H15ClN2O4. The van der Waals surface area contributed by atoms with Crippen molar-refractivity contribution >= 4 is 23.5 Å². The zero-order valence-electron chi connectivity index (χ0n) is 10.5. The lowest BCUT2D eigenvalue weighted by molar-refractivity contribution is -0.138. The SMILES string of the molecule is Cc1cc(Cl)c(C(=O)NCCOCCC(=O)O)cn1. The summed E-state index contributed by atoms with van der Waals surface area (Å²) in [4.78, 5) is 25.9. The van der Waals surface area contributed by atoms with Crippen molar-refractivity contribution in [2.75, 3.05) is 19.8 Å². The summed E-state index contributed by atoms with van der Waals surface area (Å²) in [5.74, 6) is -1.25. The fourth-order valence-corrected chi connectivity index (χ4v) is 1.58. The molecule has 0 unspecified atom stereocenters. The molecule has 0 atom stereocenters. The normalized spacial score (nSPS) is 10.2. The van der Waals surface area contributed by atoms with E-state index in [2.05, 4.69) is 10.3 Å². The number of carbonyl (C=O) groups excluding carboxylic acids is 1. The number of hydrogen-bond donors (Lipinski definition) is 2. The molecule has 19 heavy (non-hydrogen) atoms. The summed E-state index contributed by atoms with van der Waals surface area (Å²) < 4.78 is 5.04. The van der Waals surface area contributed by atoms with E-state index in [1.54, 1.807) is 13.0 Å². The third-order valence-electron chi connectivity index (χ3n) is 2.23. The largest absolute Gasteiger partial charge is 0.481 e. The van der Waals surface area contributed by atoms with E-state index in [9.17, 15) is 9.59 Å². The van der Waals surface area contributed by atoms with Crippen LogP contribution in [0.1, 0.15) is 22.5 Å². The number of halogens is 1. The van der Waals surface area contributed by atoms with E-state index in [1.165, 1.54) is 6.20 Å². The van der Waals surface area contributed by atoms with Gasteiger partial charge in [0.25, 0.3) is 5.91 Å². The van der Waals surface area contributed by atoms with Gasteiger partial charge in [0.15, 0.2) is 0 Å². The van der Waals surface area contributed by atoms with Crippen molar-refractivity contribution in [2.24, 2.45) is 0 Å². The van der Waals surface area contributed by atoms with Crippen LogP contribution in [0.4, 0.5) is 0 Å². The van der Waals surface area contributed by atoms with Crippen LogP contribution in [0.3, 0.4) is 0 Å². The van der Waals surface area contributed by atoms with Gasteiger partial charge >= 0.3 is 5.97 Å². The molecule has 0 aliphatic heterocycles. The first kappa shape index (κ1) is 15.4. The minimum Gasteiger partial charge on any atom is -0.481 e. The van der Waals surface area contributed by atoms with Gasteiger partial charge in [-0.25, -0.2) is 0 Å². The number of aromatic nitrogens is 1. The lowest BCUT2D eigenvalue weighted by Crippen LogP contribution is -2.27. The fourth-order valence-electron chi connectivity index (χ4n) is 1.29. The summed E-state index contributed by atoms with van der Waals surface area (Å²) in [5, 5.41) is 11.3. The molecule has 0 aliphatic rings. The fraction of sp³-hybridized carbons (Fsp3) is 0.417. The van der Waals surface area contributed by atoms with Gasteiger partial charge in [-0.3, -0.25) is 14.6 Å². The van der Waals surface area contributed by atoms with E-state index in [0.717, 1.165) is 5.69 Å². The molecule has 1 aromatic rings. The molecule has 0 saturated heterocycles. The second kappa shape index (κ2) is 7.70. The molecule has 1 heterocycles. The maximum absolute atomic E-state index is 11.7. The number of aryl methyl sites for hydroxylation is 1. The van der Waals surface area contributed by atoms with E-state index in [0.29, 0.717) is 10.6 Å². The smallest absolute Gasteiger partial charge is 0.305 e. The zero-order chi connectivity index (χ0) is 14.3. The van der Waals surface area contributed by atoms with Crippen LogP contribution in [0.15, 0.2) is 12.3 Å². The summed E-state index contributed by atoms with van der Waals surface area (Å²) in [5.41, 5.74) is 1.04. The molecule has 2 N–H and O–H groups in total. The van der Waals surface area contributed by atoms with Crippen molar-refractivity contribution in [3.63, 3.8) is 0 Å². The average Bonchev–Trinajstić information content (AvgIpc) is 2.32. The van der Waals surface area contributed by atoms with Crippen molar-refractivity contribution in [2.45, 2.75) is 13.3 Å². The van der Waals surface area contributed by atoms with Crippen LogP contribution in [0.2, 0.25) is 5.02 Å². The van der Waals surface area contributed by atoms with Crippen LogP contribution in [0, 0.1) is 6.92 Å². The quantitative estimate of drug-likeness (QED) is 0.737. The number of pyridine rings is 1. The van der Waals surface area contributed by atoms with Gasteiger partial charge in [0.1, 0.15) is 0 Å². The van der Waals surface area contributed by atoms with Crippen LogP contribution >= 0.6 is 11.6 Å². The molecule has 0 radical (unpaired) electrons. The minimum atomic E-state index is -0.915. The number of carboxylic acid groups (broad SMARTS) is 1. The number of carboxylic acids is 1. The molecule has 0 aliphatic carbocycles. The summed E-state index contributed by atoms with van der Waals surface area (Å²) >= 11 is 5.92. The molecule has 1 aromatic heterocycles. The summed E-state index contributed by atoms with van der Waals surface area (Å²) in [6.45, 7) is 2.43. The first-order valence-electron chi connectivity index (χ1n) is 5.70. The van der Waals surface area contributed by atoms with Gasteiger partial charge in [0, 0.05) is 18.4 Å². The summed E-state index contributed by atoms with van der Waals surface area (Å²) in [6, 6.07) is 1.61. The van der Waals surface area contributed by atoms with Crippen molar-refractivity contribution in [3.8, 4) is 0 Å². The van der Waals surface area contributed by atoms with Crippen molar-refractivity contribution < 1.29 is 19.4 Å². The average molecular weight is 287 g/mol. The molecule has 0 aromatic carbocycles. The topological polar surface area (TPSA) is 88.5 Å². The predicted molar refractivity (Wildman–Crippen MR) is 69.4 cm³/mol. The maximum Gasteiger partial charge on any atom is 0.305 e. The highest BCUT2D eigenvalue weighted by atomic mass is 35.5. The third kappa shape index (κ3) is 5.67. The Morgan fingerprint density at radius 1 is 1.47 bits per heavy atom. The summed E-state index contributed by atoms with van der Waals surface area (Å²) in [6.07, 6.45) is 1.36. The molecule has 6 nitrogen and oxygen atoms in total. The number of ether oxygens (including phenoxy) is 1. The van der Waals surface area contributed by atoms with Crippen LogP contribution in [-0.2, 0) is 9.53 Å². The van der Waals surface area contributed by atoms with Crippen LogP contribution in [0.5, 0.6) is 0 Å². The molecular weight excluding hydrogens is 272 g/mol. The molecule has 0 saturated carbocycles. The van der Waals surface area contributed by atoms with Gasteiger partial charge in [-0.15, -0.1) is 0 Å². The van der Waals surface area contributed by atoms with Crippen molar-refractivity contribution in [3.05, 3.63) is 28.5 Å². The standard InChI is InChI=1S/C12H15ClN2O4/c1-8-6-10(13)9(7-15-8)12(18)14-3-5-19-4-2-11(16)17/h6-7H,2-5H2,1H3,(H,14,18)(H,16,17). The van der Waals surface area contributed by atoms with Crippen LogP contribution in [-0.4, -0.2) is 41.7 Å². The first-order valence-corrected chi connectivity index (χ1v) is 6.08. The monoisotopic (exact) mass is 286 g/mol. The Labute approximate surface area is 115 Å². The number of carbonyl (C=O) groups is 2. The van der Waals surface area contributed by atoms with Gasteiger partial charge in [0.2, 0.25) is 0 Å². The number of nitrogens with zero attached hydrogens (tertiary/aromatic N) is 1. The highest BCUT2D eigenvalue weighted by Crippen LogP contribution is 2.15. The van der Waals surface area contributed by atoms with Crippen molar-refractivity contribution in [1.82, 2.24) is 10.3 Å². The molecule has 0 fully saturated rings. The van der Waals surface area contributed by atoms with E-state index in [-0.39, 0.29) is 32.1 Å². The Balaban J connectivity index is 2.29. The number of aliphatic carboxylic acids is 1. The Morgan fingerprint density at radius 3 is 2.84 bits per heavy atom. The lowest BCUT2D eigenvalue weighted by Gasteiger charge is -2.07. The van der Waals surface area contributed by atoms with Crippen LogP contribution in [0.25, 0.3) is 0 Å². The maximum atomic E-state index is 11.7. The number of rotatable bonds is 7. The minimum absolute atomic E-state index is 0.0539. The van der Waals surface area contributed by atoms with Crippen LogP contribution < -0.4 is 5.32 Å². The molecule has 7 heteroatoms. The predicted octanol–water partition coefficient (Wildman–Crippen LogP) is 1.26. The molecule has 1 rings (SSSR count). The molecule has 1 amide bonds. The lowest BCUT2D eigenvalue weighted by atomic mass is 10.2. The van der Waals surface area contributed by atoms with Gasteiger partial charge in [-0.1, -0.05) is 11.6 Å². The van der Waals surface area contributed by atoms with Gasteiger partial charge in [-0.05, 0) is 13.0 Å². The molecule has 104 valence electrons. The Hall–Kier alpha value is -1.66. The van der Waals surface area contributed by atoms with Crippen molar-refractivity contribution in [1.29, 1.82) is 0 Å². The molecule has 0 bridgehead atoms.